The van der Waals surface area contributed by atoms with Crippen molar-refractivity contribution in [3.8, 4) is 0 Å². The molecule has 1 amide bonds. The number of carbonyl (C=O) groups excluding carboxylic acids is 1. The first-order valence-electron chi connectivity index (χ1n) is 7.00. The van der Waals surface area contributed by atoms with Gasteiger partial charge in [0.15, 0.2) is 0 Å². The fourth-order valence-corrected chi connectivity index (χ4v) is 2.85. The number of carboxylic acid groups (broad SMARTS) is 1. The molecule has 3 N–H and O–H groups in total. The number of nitrogens with zero attached hydrogens (tertiary/aromatic N) is 2. The number of aromatic nitrogens is 2. The number of thiophene rings is 1. The molecule has 0 saturated heterocycles. The lowest BCUT2D eigenvalue weighted by atomic mass is 10.2. The summed E-state index contributed by atoms with van der Waals surface area (Å²) in [6.07, 6.45) is 2.29. The van der Waals surface area contributed by atoms with Gasteiger partial charge in [-0.15, -0.1) is 11.3 Å². The predicted octanol–water partition coefficient (Wildman–Crippen LogP) is 1.64. The second kappa shape index (κ2) is 7.17. The van der Waals surface area contributed by atoms with Gasteiger partial charge in [0, 0.05) is 11.4 Å². The van der Waals surface area contributed by atoms with Crippen LogP contribution in [0.1, 0.15) is 25.1 Å². The third-order valence-electron chi connectivity index (χ3n) is 3.11. The maximum atomic E-state index is 11.9. The van der Waals surface area contributed by atoms with E-state index < -0.39 is 12.0 Å². The molecule has 2 aromatic rings. The van der Waals surface area contributed by atoms with Crippen LogP contribution in [0, 0.1) is 0 Å². The van der Waals surface area contributed by atoms with Crippen molar-refractivity contribution < 1.29 is 14.7 Å². The van der Waals surface area contributed by atoms with Crippen LogP contribution in [0.5, 0.6) is 0 Å². The lowest BCUT2D eigenvalue weighted by Gasteiger charge is -2.14. The Morgan fingerprint density at radius 1 is 1.41 bits per heavy atom. The van der Waals surface area contributed by atoms with Gasteiger partial charge in [0.05, 0.1) is 11.8 Å². The van der Waals surface area contributed by atoms with Crippen LogP contribution in [-0.2, 0) is 16.0 Å². The largest absolute Gasteiger partial charge is 0.481 e. The number of hydrogen-bond acceptors (Lipinski definition) is 6. The summed E-state index contributed by atoms with van der Waals surface area (Å²) in [6, 6.07) is 1.51. The molecule has 0 bridgehead atoms. The molecule has 0 aromatic carbocycles. The molecule has 0 radical (unpaired) electrons. The summed E-state index contributed by atoms with van der Waals surface area (Å²) in [6.45, 7) is 3.89. The summed E-state index contributed by atoms with van der Waals surface area (Å²) in [7, 11) is 0. The predicted molar refractivity (Wildman–Crippen MR) is 85.1 cm³/mol. The average Bonchev–Trinajstić information content (AvgIpc) is 2.91. The van der Waals surface area contributed by atoms with E-state index >= 15 is 0 Å². The highest BCUT2D eigenvalue weighted by Crippen LogP contribution is 2.28. The molecule has 0 spiro atoms. The fraction of sp³-hybridized carbons (Fsp3) is 0.429. The number of aliphatic carboxylic acids is 1. The minimum Gasteiger partial charge on any atom is -0.481 e. The van der Waals surface area contributed by atoms with Gasteiger partial charge in [0.2, 0.25) is 5.91 Å². The fourth-order valence-electron chi connectivity index (χ4n) is 1.91. The van der Waals surface area contributed by atoms with Crippen LogP contribution in [0.3, 0.4) is 0 Å². The molecule has 0 aliphatic rings. The zero-order chi connectivity index (χ0) is 16.1. The number of hydrogen-bond donors (Lipinski definition) is 3. The smallest absolute Gasteiger partial charge is 0.305 e. The number of amides is 1. The average molecular weight is 322 g/mol. The van der Waals surface area contributed by atoms with Crippen molar-refractivity contribution in [1.29, 1.82) is 0 Å². The summed E-state index contributed by atoms with van der Waals surface area (Å²) >= 11 is 1.61. The molecule has 0 fully saturated rings. The summed E-state index contributed by atoms with van der Waals surface area (Å²) in [5.41, 5.74) is 0. The van der Waals surface area contributed by atoms with Crippen molar-refractivity contribution in [3.63, 3.8) is 0 Å². The van der Waals surface area contributed by atoms with Crippen molar-refractivity contribution in [2.75, 3.05) is 11.9 Å². The van der Waals surface area contributed by atoms with Gasteiger partial charge in [-0.2, -0.15) is 0 Å². The quantitative estimate of drug-likeness (QED) is 0.716. The van der Waals surface area contributed by atoms with E-state index in [4.69, 9.17) is 5.11 Å². The van der Waals surface area contributed by atoms with Crippen LogP contribution >= 0.6 is 11.3 Å². The van der Waals surface area contributed by atoms with Gasteiger partial charge < -0.3 is 15.7 Å². The number of carboxylic acids is 1. The Kier molecular flexibility index (Phi) is 5.26. The Morgan fingerprint density at radius 3 is 2.86 bits per heavy atom. The standard InChI is InChI=1S/C14H18N4O3S/c1-3-9-6-10-12(16-7-17-14(10)22-9)18-8(2)13(21)15-5-4-11(19)20/h6-8H,3-5H2,1-2H3,(H,15,21)(H,19,20)(H,16,17,18). The third kappa shape index (κ3) is 3.91. The molecule has 1 atom stereocenters. The van der Waals surface area contributed by atoms with E-state index in [1.54, 1.807) is 18.3 Å². The Labute approximate surface area is 131 Å². The van der Waals surface area contributed by atoms with Gasteiger partial charge in [0.25, 0.3) is 0 Å². The Balaban J connectivity index is 2.04. The zero-order valence-electron chi connectivity index (χ0n) is 12.4. The second-order valence-electron chi connectivity index (χ2n) is 4.81. The van der Waals surface area contributed by atoms with Crippen molar-refractivity contribution in [2.45, 2.75) is 32.7 Å². The molecule has 118 valence electrons. The topological polar surface area (TPSA) is 104 Å². The van der Waals surface area contributed by atoms with Crippen LogP contribution in [0.15, 0.2) is 12.4 Å². The first-order valence-corrected chi connectivity index (χ1v) is 7.82. The molecule has 22 heavy (non-hydrogen) atoms. The highest BCUT2D eigenvalue weighted by atomic mass is 32.1. The number of nitrogens with one attached hydrogen (secondary N) is 2. The van der Waals surface area contributed by atoms with Gasteiger partial charge in [-0.3, -0.25) is 9.59 Å². The lowest BCUT2D eigenvalue weighted by Crippen LogP contribution is -2.38. The maximum absolute atomic E-state index is 11.9. The molecule has 1 unspecified atom stereocenters. The van der Waals surface area contributed by atoms with Crippen molar-refractivity contribution in [2.24, 2.45) is 0 Å². The van der Waals surface area contributed by atoms with Crippen molar-refractivity contribution >= 4 is 39.2 Å². The number of anilines is 1. The van der Waals surface area contributed by atoms with E-state index in [2.05, 4.69) is 27.5 Å². The molecule has 0 aliphatic carbocycles. The van der Waals surface area contributed by atoms with Crippen LogP contribution in [0.4, 0.5) is 5.82 Å². The van der Waals surface area contributed by atoms with E-state index in [-0.39, 0.29) is 18.9 Å². The van der Waals surface area contributed by atoms with E-state index in [1.807, 2.05) is 6.07 Å². The minimum absolute atomic E-state index is 0.0966. The van der Waals surface area contributed by atoms with Crippen molar-refractivity contribution in [3.05, 3.63) is 17.3 Å². The number of carbonyl (C=O) groups is 2. The monoisotopic (exact) mass is 322 g/mol. The molecule has 8 heteroatoms. The summed E-state index contributed by atoms with van der Waals surface area (Å²) in [5.74, 6) is -0.593. The van der Waals surface area contributed by atoms with E-state index in [0.29, 0.717) is 5.82 Å². The number of rotatable bonds is 7. The van der Waals surface area contributed by atoms with Gasteiger partial charge >= 0.3 is 5.97 Å². The lowest BCUT2D eigenvalue weighted by molar-refractivity contribution is -0.136. The third-order valence-corrected chi connectivity index (χ3v) is 4.30. The van der Waals surface area contributed by atoms with E-state index in [1.165, 1.54) is 11.2 Å². The Bertz CT molecular complexity index is 686. The second-order valence-corrected chi connectivity index (χ2v) is 5.92. The van der Waals surface area contributed by atoms with E-state index in [0.717, 1.165) is 16.6 Å². The molecule has 7 nitrogen and oxygen atoms in total. The minimum atomic E-state index is -0.941. The molecular formula is C14H18N4O3S. The summed E-state index contributed by atoms with van der Waals surface area (Å²) in [4.78, 5) is 32.9. The molecular weight excluding hydrogens is 304 g/mol. The van der Waals surface area contributed by atoms with Gasteiger partial charge in [0.1, 0.15) is 23.0 Å². The molecule has 0 saturated carbocycles. The summed E-state index contributed by atoms with van der Waals surface area (Å²) in [5, 5.41) is 15.1. The van der Waals surface area contributed by atoms with Gasteiger partial charge in [-0.05, 0) is 19.4 Å². The van der Waals surface area contributed by atoms with Crippen LogP contribution < -0.4 is 10.6 Å². The van der Waals surface area contributed by atoms with Gasteiger partial charge in [-0.1, -0.05) is 6.92 Å². The zero-order valence-corrected chi connectivity index (χ0v) is 13.2. The highest BCUT2D eigenvalue weighted by Gasteiger charge is 2.15. The normalized spacial score (nSPS) is 12.1. The first kappa shape index (κ1) is 16.2. The molecule has 2 aromatic heterocycles. The number of aryl methyl sites for hydroxylation is 1. The maximum Gasteiger partial charge on any atom is 0.305 e. The van der Waals surface area contributed by atoms with Crippen molar-refractivity contribution in [1.82, 2.24) is 15.3 Å². The molecule has 0 aliphatic heterocycles. The summed E-state index contributed by atoms with van der Waals surface area (Å²) < 4.78 is 0. The van der Waals surface area contributed by atoms with Crippen LogP contribution in [0.2, 0.25) is 0 Å². The first-order chi connectivity index (χ1) is 10.5. The molecule has 2 rings (SSSR count). The van der Waals surface area contributed by atoms with Crippen LogP contribution in [-0.4, -0.2) is 39.5 Å². The highest BCUT2D eigenvalue weighted by molar-refractivity contribution is 7.18. The van der Waals surface area contributed by atoms with Gasteiger partial charge in [-0.25, -0.2) is 9.97 Å². The number of fused-ring (bicyclic) bond motifs is 1. The molecule has 2 heterocycles. The van der Waals surface area contributed by atoms with Crippen LogP contribution in [0.25, 0.3) is 10.2 Å². The van der Waals surface area contributed by atoms with E-state index in [9.17, 15) is 9.59 Å². The Hall–Kier alpha value is -2.22. The Morgan fingerprint density at radius 2 is 2.18 bits per heavy atom. The SMILES string of the molecule is CCc1cc2c(NC(C)C(=O)NCCC(=O)O)ncnc2s1.